The van der Waals surface area contributed by atoms with Crippen molar-refractivity contribution in [2.45, 2.75) is 38.5 Å². The second-order valence-electron chi connectivity index (χ2n) is 4.84. The van der Waals surface area contributed by atoms with Gasteiger partial charge < -0.3 is 4.74 Å². The number of methoxy groups -OCH3 is 1. The van der Waals surface area contributed by atoms with Crippen LogP contribution in [0.3, 0.4) is 0 Å². The molecule has 0 saturated heterocycles. The lowest BCUT2D eigenvalue weighted by Gasteiger charge is -2.26. The maximum absolute atomic E-state index is 13.8. The van der Waals surface area contributed by atoms with Crippen LogP contribution < -0.4 is 4.74 Å². The average molecular weight is 222 g/mol. The first-order chi connectivity index (χ1) is 7.70. The highest BCUT2D eigenvalue weighted by Gasteiger charge is 2.22. The van der Waals surface area contributed by atoms with Gasteiger partial charge in [-0.05, 0) is 36.3 Å². The van der Waals surface area contributed by atoms with E-state index in [1.807, 2.05) is 12.1 Å². The van der Waals surface area contributed by atoms with Crippen molar-refractivity contribution in [2.24, 2.45) is 5.92 Å². The number of halogens is 1. The van der Waals surface area contributed by atoms with Crippen molar-refractivity contribution >= 4 is 0 Å². The fraction of sp³-hybridized carbons (Fsp3) is 0.571. The molecule has 1 fully saturated rings. The van der Waals surface area contributed by atoms with Gasteiger partial charge in [-0.1, -0.05) is 25.8 Å². The van der Waals surface area contributed by atoms with Crippen LogP contribution in [0.2, 0.25) is 0 Å². The van der Waals surface area contributed by atoms with Gasteiger partial charge in [0.2, 0.25) is 0 Å². The number of ether oxygens (including phenoxy) is 1. The third-order valence-corrected chi connectivity index (χ3v) is 3.66. The zero-order chi connectivity index (χ0) is 11.5. The van der Waals surface area contributed by atoms with E-state index in [0.29, 0.717) is 11.7 Å². The summed E-state index contributed by atoms with van der Waals surface area (Å²) in [4.78, 5) is 0. The molecule has 0 amide bonds. The third kappa shape index (κ3) is 2.37. The van der Waals surface area contributed by atoms with Crippen LogP contribution in [0.4, 0.5) is 4.39 Å². The summed E-state index contributed by atoms with van der Waals surface area (Å²) in [6.07, 6.45) is 4.67. The SMILES string of the molecule is COc1ccc(C2CCC(C)CC2)c(F)c1. The monoisotopic (exact) mass is 222 g/mol. The number of benzene rings is 1. The quantitative estimate of drug-likeness (QED) is 0.731. The normalized spacial score (nSPS) is 25.4. The molecule has 0 spiro atoms. The van der Waals surface area contributed by atoms with E-state index in [1.165, 1.54) is 18.9 Å². The van der Waals surface area contributed by atoms with Crippen LogP contribution in [0, 0.1) is 11.7 Å². The molecule has 88 valence electrons. The van der Waals surface area contributed by atoms with Crippen LogP contribution in [0.1, 0.15) is 44.1 Å². The van der Waals surface area contributed by atoms with Crippen molar-refractivity contribution in [3.63, 3.8) is 0 Å². The van der Waals surface area contributed by atoms with Crippen LogP contribution in [0.5, 0.6) is 5.75 Å². The molecule has 0 aromatic heterocycles. The Morgan fingerprint density at radius 3 is 2.44 bits per heavy atom. The van der Waals surface area contributed by atoms with E-state index >= 15 is 0 Å². The summed E-state index contributed by atoms with van der Waals surface area (Å²) in [5, 5.41) is 0. The van der Waals surface area contributed by atoms with Crippen molar-refractivity contribution in [1.29, 1.82) is 0 Å². The molecule has 0 atom stereocenters. The molecular weight excluding hydrogens is 203 g/mol. The first-order valence-electron chi connectivity index (χ1n) is 6.04. The summed E-state index contributed by atoms with van der Waals surface area (Å²) in [6.45, 7) is 2.28. The third-order valence-electron chi connectivity index (χ3n) is 3.66. The summed E-state index contributed by atoms with van der Waals surface area (Å²) < 4.78 is 18.9. The van der Waals surface area contributed by atoms with Gasteiger partial charge in [0.1, 0.15) is 11.6 Å². The highest BCUT2D eigenvalue weighted by molar-refractivity contribution is 5.31. The Bertz CT molecular complexity index is 354. The summed E-state index contributed by atoms with van der Waals surface area (Å²) in [5.74, 6) is 1.70. The van der Waals surface area contributed by atoms with E-state index in [4.69, 9.17) is 4.74 Å². The van der Waals surface area contributed by atoms with Gasteiger partial charge in [0.05, 0.1) is 7.11 Å². The Labute approximate surface area is 96.6 Å². The minimum atomic E-state index is -0.112. The standard InChI is InChI=1S/C14H19FO/c1-10-3-5-11(6-4-10)13-8-7-12(16-2)9-14(13)15/h7-11H,3-6H2,1-2H3. The van der Waals surface area contributed by atoms with Gasteiger partial charge in [0.25, 0.3) is 0 Å². The fourth-order valence-corrected chi connectivity index (χ4v) is 2.54. The van der Waals surface area contributed by atoms with E-state index in [0.717, 1.165) is 24.3 Å². The molecule has 1 aliphatic carbocycles. The molecule has 0 aliphatic heterocycles. The van der Waals surface area contributed by atoms with Gasteiger partial charge in [0.15, 0.2) is 0 Å². The highest BCUT2D eigenvalue weighted by atomic mass is 19.1. The average Bonchev–Trinajstić information content (AvgIpc) is 2.30. The van der Waals surface area contributed by atoms with Crippen molar-refractivity contribution in [2.75, 3.05) is 7.11 Å². The lowest BCUT2D eigenvalue weighted by atomic mass is 9.79. The second-order valence-corrected chi connectivity index (χ2v) is 4.84. The van der Waals surface area contributed by atoms with Crippen LogP contribution in [-0.4, -0.2) is 7.11 Å². The van der Waals surface area contributed by atoms with Crippen molar-refractivity contribution < 1.29 is 9.13 Å². The van der Waals surface area contributed by atoms with Gasteiger partial charge in [-0.25, -0.2) is 4.39 Å². The summed E-state index contributed by atoms with van der Waals surface area (Å²) in [7, 11) is 1.57. The van der Waals surface area contributed by atoms with E-state index in [2.05, 4.69) is 6.92 Å². The number of hydrogen-bond acceptors (Lipinski definition) is 1. The molecule has 16 heavy (non-hydrogen) atoms. The number of rotatable bonds is 2. The maximum atomic E-state index is 13.8. The van der Waals surface area contributed by atoms with E-state index in [-0.39, 0.29) is 5.82 Å². The van der Waals surface area contributed by atoms with Crippen LogP contribution in [0.15, 0.2) is 18.2 Å². The predicted molar refractivity (Wildman–Crippen MR) is 63.3 cm³/mol. The van der Waals surface area contributed by atoms with Crippen molar-refractivity contribution in [3.05, 3.63) is 29.6 Å². The van der Waals surface area contributed by atoms with Gasteiger partial charge >= 0.3 is 0 Å². The first kappa shape index (κ1) is 11.4. The fourth-order valence-electron chi connectivity index (χ4n) is 2.54. The Balaban J connectivity index is 2.14. The summed E-state index contributed by atoms with van der Waals surface area (Å²) in [6, 6.07) is 5.23. The summed E-state index contributed by atoms with van der Waals surface area (Å²) in [5.41, 5.74) is 0.868. The Kier molecular flexibility index (Phi) is 3.47. The first-order valence-corrected chi connectivity index (χ1v) is 6.04. The lowest BCUT2D eigenvalue weighted by molar-refractivity contribution is 0.341. The van der Waals surface area contributed by atoms with Gasteiger partial charge in [0, 0.05) is 6.07 Å². The molecule has 1 aromatic rings. The molecule has 1 saturated carbocycles. The Morgan fingerprint density at radius 2 is 1.88 bits per heavy atom. The minimum absolute atomic E-state index is 0.112. The molecule has 1 aromatic carbocycles. The molecule has 0 bridgehead atoms. The Morgan fingerprint density at radius 1 is 1.19 bits per heavy atom. The largest absolute Gasteiger partial charge is 0.497 e. The summed E-state index contributed by atoms with van der Waals surface area (Å²) >= 11 is 0. The second kappa shape index (κ2) is 4.86. The minimum Gasteiger partial charge on any atom is -0.497 e. The van der Waals surface area contributed by atoms with Gasteiger partial charge in [-0.15, -0.1) is 0 Å². The molecule has 0 N–H and O–H groups in total. The molecule has 2 rings (SSSR count). The highest BCUT2D eigenvalue weighted by Crippen LogP contribution is 2.37. The predicted octanol–water partition coefficient (Wildman–Crippen LogP) is 4.13. The molecular formula is C14H19FO. The van der Waals surface area contributed by atoms with E-state index < -0.39 is 0 Å². The van der Waals surface area contributed by atoms with Crippen molar-refractivity contribution in [1.82, 2.24) is 0 Å². The molecule has 1 aliphatic rings. The van der Waals surface area contributed by atoms with E-state index in [9.17, 15) is 4.39 Å². The zero-order valence-electron chi connectivity index (χ0n) is 10.0. The number of hydrogen-bond donors (Lipinski definition) is 0. The van der Waals surface area contributed by atoms with Gasteiger partial charge in [-0.3, -0.25) is 0 Å². The Hall–Kier alpha value is -1.05. The molecule has 0 unspecified atom stereocenters. The van der Waals surface area contributed by atoms with Gasteiger partial charge in [-0.2, -0.15) is 0 Å². The topological polar surface area (TPSA) is 9.23 Å². The lowest BCUT2D eigenvalue weighted by Crippen LogP contribution is -2.12. The van der Waals surface area contributed by atoms with Crippen LogP contribution >= 0.6 is 0 Å². The molecule has 0 radical (unpaired) electrons. The van der Waals surface area contributed by atoms with Crippen LogP contribution in [-0.2, 0) is 0 Å². The molecule has 1 nitrogen and oxygen atoms in total. The zero-order valence-corrected chi connectivity index (χ0v) is 10.0. The molecule has 2 heteroatoms. The van der Waals surface area contributed by atoms with E-state index in [1.54, 1.807) is 7.11 Å². The maximum Gasteiger partial charge on any atom is 0.130 e. The van der Waals surface area contributed by atoms with Crippen molar-refractivity contribution in [3.8, 4) is 5.75 Å². The molecule has 0 heterocycles. The van der Waals surface area contributed by atoms with Crippen LogP contribution in [0.25, 0.3) is 0 Å². The smallest absolute Gasteiger partial charge is 0.130 e.